The monoisotopic (exact) mass is 472 g/mol. The predicted octanol–water partition coefficient (Wildman–Crippen LogP) is 3.22. The lowest BCUT2D eigenvalue weighted by molar-refractivity contribution is -0.141. The van der Waals surface area contributed by atoms with Gasteiger partial charge in [0.2, 0.25) is 23.6 Å². The van der Waals surface area contributed by atoms with Gasteiger partial charge in [-0.2, -0.15) is 0 Å². The van der Waals surface area contributed by atoms with Gasteiger partial charge in [0, 0.05) is 24.6 Å². The van der Waals surface area contributed by atoms with Crippen LogP contribution in [0, 0.1) is 29.6 Å². The van der Waals surface area contributed by atoms with Crippen molar-refractivity contribution in [2.75, 3.05) is 13.1 Å². The summed E-state index contributed by atoms with van der Waals surface area (Å²) in [6.45, 7) is 4.20. The van der Waals surface area contributed by atoms with Gasteiger partial charge in [0.25, 0.3) is 0 Å². The summed E-state index contributed by atoms with van der Waals surface area (Å²) in [7, 11) is 0. The number of likely N-dealkylation sites (tertiary alicyclic amines) is 2. The van der Waals surface area contributed by atoms with Crippen LogP contribution in [0.15, 0.2) is 48.0 Å². The van der Waals surface area contributed by atoms with Gasteiger partial charge in [-0.05, 0) is 49.4 Å². The van der Waals surface area contributed by atoms with Crippen molar-refractivity contribution < 1.29 is 24.3 Å². The fourth-order valence-electron chi connectivity index (χ4n) is 7.27. The van der Waals surface area contributed by atoms with Gasteiger partial charge < -0.3 is 5.11 Å². The lowest BCUT2D eigenvalue weighted by atomic mass is 9.56. The number of aromatic hydroxyl groups is 1. The number of nitrogens with zero attached hydrogens (tertiary/aromatic N) is 2. The average Bonchev–Trinajstić information content (AvgIpc) is 3.26. The molecule has 2 aliphatic heterocycles. The first-order chi connectivity index (χ1) is 16.9. The zero-order valence-electron chi connectivity index (χ0n) is 19.8. The molecule has 35 heavy (non-hydrogen) atoms. The molecule has 6 atom stereocenters. The van der Waals surface area contributed by atoms with E-state index >= 15 is 0 Å². The van der Waals surface area contributed by atoms with Crippen molar-refractivity contribution in [3.05, 3.63) is 53.6 Å². The lowest BCUT2D eigenvalue weighted by Gasteiger charge is -2.44. The molecule has 180 valence electrons. The van der Waals surface area contributed by atoms with E-state index in [4.69, 9.17) is 0 Å². The van der Waals surface area contributed by atoms with Crippen LogP contribution in [0.4, 0.5) is 0 Å². The number of fused-ring (bicyclic) bond motifs is 5. The molecule has 3 fully saturated rings. The number of hydrogen-bond donors (Lipinski definition) is 1. The number of amides is 4. The van der Waals surface area contributed by atoms with Crippen molar-refractivity contribution in [1.82, 2.24) is 9.80 Å². The summed E-state index contributed by atoms with van der Waals surface area (Å²) in [5.74, 6) is -3.69. The lowest BCUT2D eigenvalue weighted by Crippen LogP contribution is -2.43. The molecule has 7 heteroatoms. The minimum atomic E-state index is -0.632. The fraction of sp³-hybridized carbons (Fsp3) is 0.429. The number of carbonyl (C=O) groups is 4. The van der Waals surface area contributed by atoms with Crippen molar-refractivity contribution in [1.29, 1.82) is 0 Å². The number of phenolic OH excluding ortho intramolecular Hbond substituents is 1. The molecule has 2 heterocycles. The molecule has 0 radical (unpaired) electrons. The van der Waals surface area contributed by atoms with Gasteiger partial charge in [-0.1, -0.05) is 42.0 Å². The second-order valence-electron chi connectivity index (χ2n) is 10.1. The largest absolute Gasteiger partial charge is 0.508 e. The number of imide groups is 2. The Hall–Kier alpha value is -3.48. The smallest absolute Gasteiger partial charge is 0.234 e. The highest BCUT2D eigenvalue weighted by Gasteiger charge is 2.61. The number of hydrogen-bond acceptors (Lipinski definition) is 5. The highest BCUT2D eigenvalue weighted by Crippen LogP contribution is 2.59. The van der Waals surface area contributed by atoms with E-state index in [0.29, 0.717) is 24.9 Å². The highest BCUT2D eigenvalue weighted by molar-refractivity contribution is 6.08. The Morgan fingerprint density at radius 1 is 0.800 bits per heavy atom. The molecular formula is C28H28N2O5. The Bertz CT molecular complexity index is 1330. The fourth-order valence-corrected chi connectivity index (χ4v) is 7.27. The molecule has 7 nitrogen and oxygen atoms in total. The van der Waals surface area contributed by atoms with Crippen LogP contribution in [-0.4, -0.2) is 51.6 Å². The van der Waals surface area contributed by atoms with Crippen molar-refractivity contribution in [2.24, 2.45) is 29.6 Å². The normalized spacial score (nSPS) is 32.1. The van der Waals surface area contributed by atoms with Gasteiger partial charge in [-0.25, -0.2) is 0 Å². The number of rotatable bonds is 3. The van der Waals surface area contributed by atoms with Crippen molar-refractivity contribution >= 4 is 34.4 Å². The van der Waals surface area contributed by atoms with E-state index in [1.807, 2.05) is 36.4 Å². The molecular weight excluding hydrogens is 444 g/mol. The van der Waals surface area contributed by atoms with Crippen LogP contribution in [0.3, 0.4) is 0 Å². The van der Waals surface area contributed by atoms with Gasteiger partial charge in [-0.3, -0.25) is 29.0 Å². The molecule has 0 spiro atoms. The second kappa shape index (κ2) is 7.77. The molecule has 6 rings (SSSR count). The molecule has 4 amide bonds. The molecule has 2 aliphatic carbocycles. The maximum Gasteiger partial charge on any atom is 0.234 e. The molecule has 1 saturated carbocycles. The Morgan fingerprint density at radius 3 is 2.17 bits per heavy atom. The number of phenols is 1. The average molecular weight is 473 g/mol. The summed E-state index contributed by atoms with van der Waals surface area (Å²) >= 11 is 0. The molecule has 2 aromatic carbocycles. The first kappa shape index (κ1) is 22.0. The topological polar surface area (TPSA) is 95.0 Å². The molecule has 0 bridgehead atoms. The van der Waals surface area contributed by atoms with Crippen LogP contribution in [0.5, 0.6) is 5.75 Å². The quantitative estimate of drug-likeness (QED) is 0.547. The SMILES string of the molecule is CCN1C(=O)[C@H]2[C@H](CC=C3[C@H]2C[C@H]2C(=O)N(CC)C(=O)[C@H]2[C@H]3c2c(O)ccc3ccccc23)C1=O. The molecule has 2 saturated heterocycles. The molecule has 1 N–H and O–H groups in total. The van der Waals surface area contributed by atoms with Gasteiger partial charge in [0.15, 0.2) is 0 Å². The van der Waals surface area contributed by atoms with Crippen LogP contribution in [0.25, 0.3) is 10.8 Å². The Morgan fingerprint density at radius 2 is 1.46 bits per heavy atom. The minimum absolute atomic E-state index is 0.0790. The van der Waals surface area contributed by atoms with Gasteiger partial charge in [-0.15, -0.1) is 0 Å². The van der Waals surface area contributed by atoms with E-state index in [1.54, 1.807) is 19.9 Å². The zero-order valence-corrected chi connectivity index (χ0v) is 19.8. The van der Waals surface area contributed by atoms with E-state index in [-0.39, 0.29) is 41.8 Å². The predicted molar refractivity (Wildman–Crippen MR) is 128 cm³/mol. The zero-order chi connectivity index (χ0) is 24.6. The Balaban J connectivity index is 1.58. The third kappa shape index (κ3) is 2.84. The Kier molecular flexibility index (Phi) is 4.88. The third-order valence-electron chi connectivity index (χ3n) is 8.72. The van der Waals surface area contributed by atoms with E-state index in [9.17, 15) is 24.3 Å². The summed E-state index contributed by atoms with van der Waals surface area (Å²) in [6, 6.07) is 11.2. The standard InChI is InChI=1S/C28H28N2O5/c1-3-29-25(32)17-11-10-16-18(21(17)27(29)34)13-19-24(28(35)30(4-2)26(19)33)23(16)22-15-8-6-5-7-14(15)9-12-20(22)31/h5-10,12,17-19,21,23-24,31H,3-4,11,13H2,1-2H3/t17-,18+,19+,21-,23+,24+/m0/s1. The second-order valence-corrected chi connectivity index (χ2v) is 10.1. The van der Waals surface area contributed by atoms with E-state index in [1.165, 1.54) is 9.80 Å². The molecule has 0 aromatic heterocycles. The maximum atomic E-state index is 13.6. The highest BCUT2D eigenvalue weighted by atomic mass is 16.3. The maximum absolute atomic E-state index is 13.6. The number of carbonyl (C=O) groups excluding carboxylic acids is 4. The van der Waals surface area contributed by atoms with Crippen LogP contribution in [0.2, 0.25) is 0 Å². The summed E-state index contributed by atoms with van der Waals surface area (Å²) in [5.41, 5.74) is 1.55. The molecule has 4 aliphatic rings. The molecule has 0 unspecified atom stereocenters. The summed E-state index contributed by atoms with van der Waals surface area (Å²) < 4.78 is 0. The van der Waals surface area contributed by atoms with Crippen molar-refractivity contribution in [3.63, 3.8) is 0 Å². The number of allylic oxidation sites excluding steroid dienone is 2. The van der Waals surface area contributed by atoms with Gasteiger partial charge in [0.1, 0.15) is 5.75 Å². The number of benzene rings is 2. The molecule has 2 aromatic rings. The summed E-state index contributed by atoms with van der Waals surface area (Å²) in [4.78, 5) is 56.0. The first-order valence-electron chi connectivity index (χ1n) is 12.5. The summed E-state index contributed by atoms with van der Waals surface area (Å²) in [5, 5.41) is 12.9. The first-order valence-corrected chi connectivity index (χ1v) is 12.5. The van der Waals surface area contributed by atoms with E-state index in [0.717, 1.165) is 16.3 Å². The third-order valence-corrected chi connectivity index (χ3v) is 8.72. The van der Waals surface area contributed by atoms with E-state index in [2.05, 4.69) is 0 Å². The minimum Gasteiger partial charge on any atom is -0.508 e. The van der Waals surface area contributed by atoms with E-state index < -0.39 is 29.6 Å². The van der Waals surface area contributed by atoms with Gasteiger partial charge >= 0.3 is 0 Å². The van der Waals surface area contributed by atoms with Crippen LogP contribution in [0.1, 0.15) is 38.2 Å². The van der Waals surface area contributed by atoms with Crippen molar-refractivity contribution in [3.8, 4) is 5.75 Å². The van der Waals surface area contributed by atoms with Crippen LogP contribution >= 0.6 is 0 Å². The van der Waals surface area contributed by atoms with Gasteiger partial charge in [0.05, 0.1) is 23.7 Å². The summed E-state index contributed by atoms with van der Waals surface area (Å²) in [6.07, 6.45) is 2.82. The van der Waals surface area contributed by atoms with Crippen LogP contribution in [-0.2, 0) is 19.2 Å². The Labute approximate surface area is 203 Å². The van der Waals surface area contributed by atoms with Crippen molar-refractivity contribution in [2.45, 2.75) is 32.6 Å². The van der Waals surface area contributed by atoms with Crippen LogP contribution < -0.4 is 0 Å².